The highest BCUT2D eigenvalue weighted by atomic mass is 16.6. The number of ketones is 1. The number of cyclic esters (lactones) is 3. The highest BCUT2D eigenvalue weighted by Crippen LogP contribution is 2.67. The number of esters is 5. The van der Waals surface area contributed by atoms with Crippen LogP contribution in [0.25, 0.3) is 16.7 Å². The van der Waals surface area contributed by atoms with Crippen LogP contribution in [0.4, 0.5) is 0 Å². The van der Waals surface area contributed by atoms with Crippen molar-refractivity contribution in [3.63, 3.8) is 0 Å². The number of ether oxygens (including phenoxy) is 7. The Hall–Kier alpha value is -11.8. The fourth-order valence-corrected chi connectivity index (χ4v) is 11.8. The molecule has 6 aliphatic rings. The Balaban J connectivity index is 1.15. The van der Waals surface area contributed by atoms with Crippen LogP contribution in [0.15, 0.2) is 54.3 Å². The molecule has 5 heterocycles. The quantitative estimate of drug-likeness (QED) is 0.0683. The van der Waals surface area contributed by atoms with Gasteiger partial charge in [0.15, 0.2) is 105 Å². The van der Waals surface area contributed by atoms with Crippen molar-refractivity contribution in [2.24, 2.45) is 5.92 Å². The van der Waals surface area contributed by atoms with E-state index in [9.17, 15) is 102 Å². The molecule has 6 aromatic rings. The Morgan fingerprint density at radius 1 is 0.512 bits per heavy atom. The van der Waals surface area contributed by atoms with Crippen LogP contribution in [0.3, 0.4) is 0 Å². The van der Waals surface area contributed by atoms with Gasteiger partial charge in [-0.05, 0) is 42.5 Å². The number of benzene rings is 6. The second-order valence-electron chi connectivity index (χ2n) is 20.3. The Bertz CT molecular complexity index is 4130. The van der Waals surface area contributed by atoms with Crippen LogP contribution < -0.4 is 9.47 Å². The van der Waals surface area contributed by atoms with E-state index in [0.29, 0.717) is 30.3 Å². The molecule has 1 fully saturated rings. The van der Waals surface area contributed by atoms with E-state index >= 15 is 19.2 Å². The lowest BCUT2D eigenvalue weighted by atomic mass is 9.66. The lowest BCUT2D eigenvalue weighted by molar-refractivity contribution is -0.200. The van der Waals surface area contributed by atoms with Gasteiger partial charge in [-0.1, -0.05) is 0 Å². The first kappa shape index (κ1) is 54.8. The number of hydrogen-bond donors (Lipinski definition) is 18. The SMILES string of the molecule is O=C(O[C@H]1COC(=O)c2cc(O)c(O)c(O)c2-c2c(cc(O)c(O)c2O)C(=O)O[C@H]1[C@@H]1OC(=O)c2cc(O)c(O)c(O)c2C2=C(O)C(=O)[C@]34Oc5cc(O)c6c(c5C3[C@H]1OC(=O)[C@H]24)O[C@H](c1cc(O)c(O)c(O)c1)[C@H](O)C6)c1cc(O)c(O)c(O)c1. The Kier molecular flexibility index (Phi) is 11.9. The molecule has 1 unspecified atom stereocenters. The smallest absolute Gasteiger partial charge is 0.339 e. The van der Waals surface area contributed by atoms with Gasteiger partial charge in [0.05, 0.1) is 34.3 Å². The zero-order valence-electron chi connectivity index (χ0n) is 42.5. The second-order valence-corrected chi connectivity index (χ2v) is 20.3. The number of rotatable bonds is 4. The maximum absolute atomic E-state index is 15.5. The van der Waals surface area contributed by atoms with Crippen molar-refractivity contribution in [1.82, 2.24) is 0 Å². The molecule has 5 aliphatic heterocycles. The minimum atomic E-state index is -3.13. The van der Waals surface area contributed by atoms with Crippen molar-refractivity contribution >= 4 is 41.2 Å². The minimum absolute atomic E-state index is 0.286. The van der Waals surface area contributed by atoms with Gasteiger partial charge in [0, 0.05) is 51.4 Å². The first-order valence-corrected chi connectivity index (χ1v) is 24.8. The molecule has 31 heteroatoms. The maximum atomic E-state index is 15.5. The second kappa shape index (κ2) is 18.6. The van der Waals surface area contributed by atoms with E-state index in [-0.39, 0.29) is 11.1 Å². The molecule has 1 spiro atoms. The number of aliphatic hydroxyl groups excluding tert-OH is 2. The van der Waals surface area contributed by atoms with E-state index in [1.165, 1.54) is 0 Å². The van der Waals surface area contributed by atoms with Crippen LogP contribution in [-0.2, 0) is 39.7 Å². The third kappa shape index (κ3) is 7.56. The molecular weight excluding hydrogens is 1160 g/mol. The molecular formula is C55H38O31. The average Bonchev–Trinajstić information content (AvgIpc) is 1.50. The molecule has 6 aromatic carbocycles. The molecule has 86 heavy (non-hydrogen) atoms. The molecule has 9 atom stereocenters. The van der Waals surface area contributed by atoms with Gasteiger partial charge in [-0.15, -0.1) is 0 Å². The lowest BCUT2D eigenvalue weighted by Gasteiger charge is -2.47. The number of phenols is 16. The molecule has 0 amide bonds. The number of carbonyl (C=O) groups excluding carboxylic acids is 6. The highest BCUT2D eigenvalue weighted by molar-refractivity contribution is 6.21. The number of aliphatic hydroxyl groups is 2. The fraction of sp³-hybridized carbons (Fsp3) is 0.200. The third-order valence-electron chi connectivity index (χ3n) is 15.6. The molecule has 0 saturated carbocycles. The Morgan fingerprint density at radius 3 is 1.56 bits per heavy atom. The van der Waals surface area contributed by atoms with Crippen LogP contribution in [0.2, 0.25) is 0 Å². The van der Waals surface area contributed by atoms with Crippen molar-refractivity contribution < 1.29 is 154 Å². The lowest BCUT2D eigenvalue weighted by Crippen LogP contribution is -2.65. The number of aromatic hydroxyl groups is 16. The minimum Gasteiger partial charge on any atom is -0.507 e. The summed E-state index contributed by atoms with van der Waals surface area (Å²) in [6, 6.07) is 4.62. The predicted octanol–water partition coefficient (Wildman–Crippen LogP) is 2.15. The van der Waals surface area contributed by atoms with Crippen LogP contribution >= 0.6 is 0 Å². The molecule has 444 valence electrons. The van der Waals surface area contributed by atoms with E-state index in [4.69, 9.17) is 33.2 Å². The average molecular weight is 1190 g/mol. The van der Waals surface area contributed by atoms with E-state index < -0.39 is 262 Å². The molecule has 18 N–H and O–H groups in total. The van der Waals surface area contributed by atoms with Crippen molar-refractivity contribution in [2.75, 3.05) is 6.61 Å². The maximum Gasteiger partial charge on any atom is 0.339 e. The van der Waals surface area contributed by atoms with Crippen molar-refractivity contribution in [3.8, 4) is 115 Å². The molecule has 12 rings (SSSR count). The molecule has 0 aromatic heterocycles. The Morgan fingerprint density at radius 2 is 1.00 bits per heavy atom. The first-order chi connectivity index (χ1) is 40.6. The molecule has 4 bridgehead atoms. The Labute approximate surface area is 474 Å². The van der Waals surface area contributed by atoms with Crippen LogP contribution in [0.1, 0.15) is 75.7 Å². The summed E-state index contributed by atoms with van der Waals surface area (Å²) in [5.41, 5.74) is -13.4. The van der Waals surface area contributed by atoms with Gasteiger partial charge in [0.2, 0.25) is 28.6 Å². The summed E-state index contributed by atoms with van der Waals surface area (Å²) in [7, 11) is 0. The molecule has 0 radical (unpaired) electrons. The van der Waals surface area contributed by atoms with E-state index in [1.54, 1.807) is 0 Å². The highest BCUT2D eigenvalue weighted by Gasteiger charge is 2.76. The summed E-state index contributed by atoms with van der Waals surface area (Å²) >= 11 is 0. The molecule has 1 saturated heterocycles. The van der Waals surface area contributed by atoms with Crippen LogP contribution in [0.5, 0.6) is 103 Å². The van der Waals surface area contributed by atoms with Gasteiger partial charge >= 0.3 is 29.8 Å². The predicted molar refractivity (Wildman–Crippen MR) is 269 cm³/mol. The summed E-state index contributed by atoms with van der Waals surface area (Å²) in [4.78, 5) is 90.2. The van der Waals surface area contributed by atoms with Gasteiger partial charge in [0.1, 0.15) is 29.8 Å². The summed E-state index contributed by atoms with van der Waals surface area (Å²) in [5.74, 6) is -38.7. The van der Waals surface area contributed by atoms with E-state index in [1.807, 2.05) is 0 Å². The van der Waals surface area contributed by atoms with E-state index in [0.717, 1.165) is 18.2 Å². The largest absolute Gasteiger partial charge is 0.507 e. The van der Waals surface area contributed by atoms with Crippen molar-refractivity contribution in [2.45, 2.75) is 54.6 Å². The number of phenolic OH excluding ortho intramolecular Hbond substituents is 16. The number of Topliss-reactive ketones (excluding diaryl/α,β-unsaturated/α-hetero) is 1. The summed E-state index contributed by atoms with van der Waals surface area (Å²) in [6.45, 7) is -1.59. The molecule has 31 nitrogen and oxygen atoms in total. The number of hydrogen-bond acceptors (Lipinski definition) is 31. The van der Waals surface area contributed by atoms with Crippen molar-refractivity contribution in [1.29, 1.82) is 0 Å². The van der Waals surface area contributed by atoms with Crippen LogP contribution in [0, 0.1) is 5.92 Å². The standard InChI is InChI=1S/C55H38O31/c56-17-9-26-31(45-13(17)5-25(64)44(82-45)11-1-18(57)35(65)19(58)2-11)33-47-48(85-53(78)16-8-24(63)39(69)42(72)30(16)32-34(54(79)84-47)55(33,86-26)49(74)43(32)73)46-27(81-50(75)12-3-20(59)36(66)21(60)4-12)10-80-51(76)14-6-22(61)37(67)40(70)28(14)29-15(52(77)83-46)7-23(62)38(68)41(29)71/h1-4,6-9,25,27,33-34,44,46-48,56-73H,5,10H2/t25-,27+,33?,34+,44-,46-,47-,48+,55+/m1/s1. The molecule has 1 aliphatic carbocycles. The van der Waals surface area contributed by atoms with Gasteiger partial charge in [-0.2, -0.15) is 0 Å². The van der Waals surface area contributed by atoms with Crippen LogP contribution in [-0.4, -0.2) is 170 Å². The summed E-state index contributed by atoms with van der Waals surface area (Å²) in [5, 5.41) is 197. The number of carbonyl (C=O) groups is 6. The normalized spacial score (nSPS) is 24.4. The zero-order valence-corrected chi connectivity index (χ0v) is 42.5. The first-order valence-electron chi connectivity index (χ1n) is 24.8. The topological polar surface area (TPSA) is 531 Å². The summed E-state index contributed by atoms with van der Waals surface area (Å²) in [6.07, 6.45) is -15.4. The van der Waals surface area contributed by atoms with Gasteiger partial charge in [0.25, 0.3) is 0 Å². The van der Waals surface area contributed by atoms with E-state index in [2.05, 4.69) is 0 Å². The van der Waals surface area contributed by atoms with Crippen molar-refractivity contribution in [3.05, 3.63) is 98.8 Å². The summed E-state index contributed by atoms with van der Waals surface area (Å²) < 4.78 is 42.3. The van der Waals surface area contributed by atoms with Gasteiger partial charge in [-0.25, -0.2) is 19.2 Å². The van der Waals surface area contributed by atoms with Gasteiger partial charge < -0.3 is 125 Å². The van der Waals surface area contributed by atoms with Gasteiger partial charge in [-0.3, -0.25) is 9.59 Å². The fourth-order valence-electron chi connectivity index (χ4n) is 11.8. The third-order valence-corrected chi connectivity index (χ3v) is 15.6. The number of fused-ring (bicyclic) bond motifs is 8. The monoisotopic (exact) mass is 1190 g/mol. The zero-order chi connectivity index (χ0) is 61.9.